The van der Waals surface area contributed by atoms with E-state index in [4.69, 9.17) is 4.74 Å². The molecule has 0 radical (unpaired) electrons. The summed E-state index contributed by atoms with van der Waals surface area (Å²) in [5.74, 6) is 0.560. The number of benzene rings is 1. The van der Waals surface area contributed by atoms with E-state index in [1.54, 1.807) is 24.9 Å². The molecule has 22 heavy (non-hydrogen) atoms. The molecule has 1 aromatic carbocycles. The fourth-order valence-electron chi connectivity index (χ4n) is 5.11. The zero-order valence-corrected chi connectivity index (χ0v) is 13.6. The number of rotatable bonds is 3. The first kappa shape index (κ1) is 14.5. The Labute approximate surface area is 134 Å². The summed E-state index contributed by atoms with van der Waals surface area (Å²) in [4.78, 5) is 12.7. The van der Waals surface area contributed by atoms with Gasteiger partial charge in [-0.2, -0.15) is 11.8 Å². The number of carbonyl (C=O) groups is 1. The maximum Gasteiger partial charge on any atom is 0.190 e. The fourth-order valence-corrected chi connectivity index (χ4v) is 6.07. The van der Waals surface area contributed by atoms with Gasteiger partial charge >= 0.3 is 0 Å². The average Bonchev–Trinajstić information content (AvgIpc) is 2.96. The van der Waals surface area contributed by atoms with Crippen LogP contribution < -0.4 is 0 Å². The predicted octanol–water partition coefficient (Wildman–Crippen LogP) is 2.19. The molecular formula is C18H20O3S. The average molecular weight is 316 g/mol. The molecule has 0 amide bonds. The molecule has 3 nitrogen and oxygen atoms in total. The number of thioether (sulfide) groups is 1. The SMILES string of the molecule is CO[C@@]1(CSC)[C@@H]2C=CC(=O)[C@@]1(O)[C@H]1c3ccccc3C[C@@H]21. The Balaban J connectivity index is 1.95. The van der Waals surface area contributed by atoms with Gasteiger partial charge in [-0.25, -0.2) is 0 Å². The summed E-state index contributed by atoms with van der Waals surface area (Å²) in [6.07, 6.45) is 6.46. The molecule has 0 aromatic heterocycles. The van der Waals surface area contributed by atoms with E-state index in [0.29, 0.717) is 5.75 Å². The van der Waals surface area contributed by atoms with Gasteiger partial charge in [-0.15, -0.1) is 0 Å². The molecule has 2 bridgehead atoms. The van der Waals surface area contributed by atoms with E-state index in [9.17, 15) is 9.90 Å². The molecule has 1 fully saturated rings. The van der Waals surface area contributed by atoms with Crippen LogP contribution in [0.1, 0.15) is 17.0 Å². The summed E-state index contributed by atoms with van der Waals surface area (Å²) >= 11 is 1.63. The van der Waals surface area contributed by atoms with Gasteiger partial charge in [0.15, 0.2) is 11.4 Å². The largest absolute Gasteiger partial charge is 0.378 e. The highest BCUT2D eigenvalue weighted by Crippen LogP contribution is 2.64. The van der Waals surface area contributed by atoms with Crippen LogP contribution in [0.5, 0.6) is 0 Å². The molecule has 1 aromatic rings. The maximum atomic E-state index is 12.7. The van der Waals surface area contributed by atoms with Crippen LogP contribution in [0, 0.1) is 11.8 Å². The molecule has 4 heteroatoms. The van der Waals surface area contributed by atoms with Crippen molar-refractivity contribution in [3.8, 4) is 0 Å². The highest BCUT2D eigenvalue weighted by molar-refractivity contribution is 7.98. The van der Waals surface area contributed by atoms with Crippen LogP contribution in [-0.4, -0.2) is 41.2 Å². The number of hydrogen-bond acceptors (Lipinski definition) is 4. The summed E-state index contributed by atoms with van der Waals surface area (Å²) in [6, 6.07) is 8.20. The summed E-state index contributed by atoms with van der Waals surface area (Å²) in [5.41, 5.74) is 0.109. The minimum Gasteiger partial charge on any atom is -0.378 e. The predicted molar refractivity (Wildman–Crippen MR) is 87.1 cm³/mol. The minimum atomic E-state index is -1.46. The highest BCUT2D eigenvalue weighted by atomic mass is 32.2. The Hall–Kier alpha value is -1.10. The van der Waals surface area contributed by atoms with Crippen LogP contribution in [-0.2, 0) is 16.0 Å². The molecule has 0 spiro atoms. The van der Waals surface area contributed by atoms with E-state index in [1.807, 2.05) is 24.5 Å². The summed E-state index contributed by atoms with van der Waals surface area (Å²) < 4.78 is 5.89. The van der Waals surface area contributed by atoms with Gasteiger partial charge in [-0.3, -0.25) is 4.79 Å². The first-order valence-corrected chi connectivity index (χ1v) is 9.06. The van der Waals surface area contributed by atoms with Crippen LogP contribution >= 0.6 is 11.8 Å². The second-order valence-electron chi connectivity index (χ2n) is 6.59. The van der Waals surface area contributed by atoms with Gasteiger partial charge < -0.3 is 9.84 Å². The van der Waals surface area contributed by atoms with Crippen molar-refractivity contribution in [2.45, 2.75) is 23.5 Å². The van der Waals surface area contributed by atoms with Crippen LogP contribution in [0.3, 0.4) is 0 Å². The molecule has 3 aliphatic rings. The van der Waals surface area contributed by atoms with E-state index >= 15 is 0 Å². The lowest BCUT2D eigenvalue weighted by Gasteiger charge is -2.46. The molecule has 0 heterocycles. The van der Waals surface area contributed by atoms with E-state index < -0.39 is 11.2 Å². The zero-order chi connectivity index (χ0) is 15.5. The second-order valence-corrected chi connectivity index (χ2v) is 7.45. The molecule has 0 saturated heterocycles. The van der Waals surface area contributed by atoms with Crippen LogP contribution in [0.25, 0.3) is 0 Å². The zero-order valence-electron chi connectivity index (χ0n) is 12.8. The van der Waals surface area contributed by atoms with Crippen molar-refractivity contribution in [3.63, 3.8) is 0 Å². The number of methoxy groups -OCH3 is 1. The molecule has 5 atom stereocenters. The molecule has 1 saturated carbocycles. The third-order valence-corrected chi connectivity index (χ3v) is 6.64. The number of ketones is 1. The number of hydrogen-bond donors (Lipinski definition) is 1. The van der Waals surface area contributed by atoms with Gasteiger partial charge in [0.1, 0.15) is 5.60 Å². The monoisotopic (exact) mass is 316 g/mol. The summed E-state index contributed by atoms with van der Waals surface area (Å²) in [6.45, 7) is 0. The number of fused-ring (bicyclic) bond motifs is 7. The van der Waals surface area contributed by atoms with Crippen molar-refractivity contribution in [3.05, 3.63) is 47.5 Å². The number of aliphatic hydroxyl groups is 1. The highest BCUT2D eigenvalue weighted by Gasteiger charge is 2.74. The van der Waals surface area contributed by atoms with Crippen molar-refractivity contribution < 1.29 is 14.6 Å². The summed E-state index contributed by atoms with van der Waals surface area (Å²) in [5, 5.41) is 11.6. The number of ether oxygens (including phenoxy) is 1. The Morgan fingerprint density at radius 2 is 2.18 bits per heavy atom. The third-order valence-electron chi connectivity index (χ3n) is 5.92. The lowest BCUT2D eigenvalue weighted by atomic mass is 9.71. The molecule has 4 rings (SSSR count). The number of carbonyl (C=O) groups excluding carboxylic acids is 1. The lowest BCUT2D eigenvalue weighted by molar-refractivity contribution is -0.173. The van der Waals surface area contributed by atoms with E-state index in [2.05, 4.69) is 12.1 Å². The van der Waals surface area contributed by atoms with Gasteiger partial charge in [-0.1, -0.05) is 30.3 Å². The van der Waals surface area contributed by atoms with Crippen molar-refractivity contribution in [2.75, 3.05) is 19.1 Å². The normalized spacial score (nSPS) is 41.6. The van der Waals surface area contributed by atoms with E-state index in [0.717, 1.165) is 12.0 Å². The molecule has 1 N–H and O–H groups in total. The topological polar surface area (TPSA) is 46.5 Å². The molecule has 116 valence electrons. The standard InChI is InChI=1S/C18H20O3S/c1-21-17(10-22-2)14-7-8-15(19)18(17,20)16-12-6-4-3-5-11(12)9-13(14)16/h3-8,13-14,16,20H,9-10H2,1-2H3/t13-,14+,16-,17-,18+/m0/s1. The van der Waals surface area contributed by atoms with Gasteiger partial charge in [-0.05, 0) is 35.8 Å². The van der Waals surface area contributed by atoms with Crippen LogP contribution in [0.15, 0.2) is 36.4 Å². The third kappa shape index (κ3) is 1.44. The maximum absolute atomic E-state index is 12.7. The molecule has 0 aliphatic heterocycles. The van der Waals surface area contributed by atoms with Crippen LogP contribution in [0.2, 0.25) is 0 Å². The molecule has 0 unspecified atom stereocenters. The minimum absolute atomic E-state index is 0.0741. The Morgan fingerprint density at radius 3 is 2.91 bits per heavy atom. The lowest BCUT2D eigenvalue weighted by Crippen LogP contribution is -2.64. The molecule has 3 aliphatic carbocycles. The Kier molecular flexibility index (Phi) is 3.09. The quantitative estimate of drug-likeness (QED) is 0.928. The van der Waals surface area contributed by atoms with Crippen molar-refractivity contribution in [1.82, 2.24) is 0 Å². The Morgan fingerprint density at radius 1 is 1.41 bits per heavy atom. The van der Waals surface area contributed by atoms with E-state index in [-0.39, 0.29) is 23.5 Å². The van der Waals surface area contributed by atoms with Gasteiger partial charge in [0, 0.05) is 24.7 Å². The first-order chi connectivity index (χ1) is 10.6. The van der Waals surface area contributed by atoms with Crippen molar-refractivity contribution >= 4 is 17.5 Å². The Bertz CT molecular complexity index is 670. The second kappa shape index (κ2) is 4.70. The van der Waals surface area contributed by atoms with E-state index in [1.165, 1.54) is 5.56 Å². The van der Waals surface area contributed by atoms with Crippen LogP contribution in [0.4, 0.5) is 0 Å². The summed E-state index contributed by atoms with van der Waals surface area (Å²) in [7, 11) is 1.63. The smallest absolute Gasteiger partial charge is 0.190 e. The van der Waals surface area contributed by atoms with Crippen molar-refractivity contribution in [1.29, 1.82) is 0 Å². The molecular weight excluding hydrogens is 296 g/mol. The fraction of sp³-hybridized carbons (Fsp3) is 0.500. The first-order valence-electron chi connectivity index (χ1n) is 7.67. The van der Waals surface area contributed by atoms with Gasteiger partial charge in [0.05, 0.1) is 0 Å². The van der Waals surface area contributed by atoms with Gasteiger partial charge in [0.2, 0.25) is 0 Å². The van der Waals surface area contributed by atoms with Gasteiger partial charge in [0.25, 0.3) is 0 Å². The van der Waals surface area contributed by atoms with Crippen molar-refractivity contribution in [2.24, 2.45) is 11.8 Å².